The van der Waals surface area contributed by atoms with E-state index in [2.05, 4.69) is 15.4 Å². The predicted octanol–water partition coefficient (Wildman–Crippen LogP) is 1.73. The van der Waals surface area contributed by atoms with E-state index >= 15 is 0 Å². The van der Waals surface area contributed by atoms with Crippen molar-refractivity contribution in [2.75, 3.05) is 29.4 Å². The summed E-state index contributed by atoms with van der Waals surface area (Å²) in [5, 5.41) is 6.08. The van der Waals surface area contributed by atoms with E-state index in [4.69, 9.17) is 0 Å². The standard InChI is InChI=1S/C14H21N3O3S.ClH/c1-10-3-4-12(9-13(10)17-21(2,19)20)16-14(18)11-5-7-15-8-6-11;/h3-4,9,11,15,17H,5-8H2,1-2H3,(H,16,18);1H. The molecule has 0 atom stereocenters. The molecule has 1 heterocycles. The summed E-state index contributed by atoms with van der Waals surface area (Å²) in [5.41, 5.74) is 1.90. The summed E-state index contributed by atoms with van der Waals surface area (Å²) in [6.07, 6.45) is 2.75. The van der Waals surface area contributed by atoms with Crippen molar-refractivity contribution in [3.63, 3.8) is 0 Å². The Morgan fingerprint density at radius 2 is 1.91 bits per heavy atom. The molecule has 1 aromatic carbocycles. The highest BCUT2D eigenvalue weighted by molar-refractivity contribution is 7.92. The highest BCUT2D eigenvalue weighted by Gasteiger charge is 2.21. The molecule has 0 unspecified atom stereocenters. The van der Waals surface area contributed by atoms with Gasteiger partial charge in [-0.15, -0.1) is 12.4 Å². The lowest BCUT2D eigenvalue weighted by molar-refractivity contribution is -0.120. The lowest BCUT2D eigenvalue weighted by atomic mass is 9.97. The fourth-order valence-electron chi connectivity index (χ4n) is 2.34. The van der Waals surface area contributed by atoms with Crippen LogP contribution in [0.15, 0.2) is 18.2 Å². The minimum Gasteiger partial charge on any atom is -0.326 e. The van der Waals surface area contributed by atoms with E-state index < -0.39 is 10.0 Å². The van der Waals surface area contributed by atoms with E-state index in [0.29, 0.717) is 11.4 Å². The van der Waals surface area contributed by atoms with Gasteiger partial charge in [0.05, 0.1) is 11.9 Å². The molecule has 3 N–H and O–H groups in total. The zero-order valence-electron chi connectivity index (χ0n) is 12.7. The summed E-state index contributed by atoms with van der Waals surface area (Å²) in [6.45, 7) is 3.52. The molecule has 0 bridgehead atoms. The fraction of sp³-hybridized carbons (Fsp3) is 0.500. The number of hydrogen-bond acceptors (Lipinski definition) is 4. The van der Waals surface area contributed by atoms with Gasteiger partial charge in [-0.25, -0.2) is 8.42 Å². The predicted molar refractivity (Wildman–Crippen MR) is 91.1 cm³/mol. The second-order valence-corrected chi connectivity index (χ2v) is 7.17. The molecule has 6 nitrogen and oxygen atoms in total. The first-order valence-electron chi connectivity index (χ1n) is 6.95. The minimum absolute atomic E-state index is 0. The summed E-state index contributed by atoms with van der Waals surface area (Å²) in [7, 11) is -3.34. The van der Waals surface area contributed by atoms with Gasteiger partial charge in [-0.05, 0) is 50.6 Å². The van der Waals surface area contributed by atoms with Crippen molar-refractivity contribution < 1.29 is 13.2 Å². The molecular formula is C14H22ClN3O3S. The zero-order valence-corrected chi connectivity index (χ0v) is 14.3. The van der Waals surface area contributed by atoms with Crippen LogP contribution in [0.5, 0.6) is 0 Å². The molecular weight excluding hydrogens is 326 g/mol. The van der Waals surface area contributed by atoms with Gasteiger partial charge in [0.15, 0.2) is 0 Å². The van der Waals surface area contributed by atoms with E-state index in [1.807, 2.05) is 6.92 Å². The maximum absolute atomic E-state index is 12.2. The van der Waals surface area contributed by atoms with Crippen molar-refractivity contribution >= 4 is 39.7 Å². The molecule has 0 aliphatic carbocycles. The first kappa shape index (κ1) is 18.7. The van der Waals surface area contributed by atoms with Gasteiger partial charge < -0.3 is 10.6 Å². The quantitative estimate of drug-likeness (QED) is 0.774. The van der Waals surface area contributed by atoms with Crippen molar-refractivity contribution in [2.45, 2.75) is 19.8 Å². The number of aryl methyl sites for hydroxylation is 1. The highest BCUT2D eigenvalue weighted by Crippen LogP contribution is 2.22. The fourth-order valence-corrected chi connectivity index (χ4v) is 2.96. The maximum Gasteiger partial charge on any atom is 0.229 e. The van der Waals surface area contributed by atoms with Gasteiger partial charge in [-0.2, -0.15) is 0 Å². The summed E-state index contributed by atoms with van der Waals surface area (Å²) in [5.74, 6) is 0.00419. The molecule has 1 aromatic rings. The van der Waals surface area contributed by atoms with Crippen LogP contribution in [0.25, 0.3) is 0 Å². The molecule has 2 rings (SSSR count). The third-order valence-electron chi connectivity index (χ3n) is 3.51. The molecule has 0 aromatic heterocycles. The molecule has 1 fully saturated rings. The second kappa shape index (κ2) is 7.80. The van der Waals surface area contributed by atoms with Gasteiger partial charge in [-0.1, -0.05) is 6.07 Å². The summed E-state index contributed by atoms with van der Waals surface area (Å²) in [4.78, 5) is 12.2. The lowest BCUT2D eigenvalue weighted by Crippen LogP contribution is -2.34. The number of benzene rings is 1. The van der Waals surface area contributed by atoms with E-state index in [1.54, 1.807) is 18.2 Å². The number of sulfonamides is 1. The first-order valence-corrected chi connectivity index (χ1v) is 8.84. The molecule has 0 spiro atoms. The monoisotopic (exact) mass is 347 g/mol. The zero-order chi connectivity index (χ0) is 15.5. The third kappa shape index (κ3) is 5.47. The van der Waals surface area contributed by atoms with Crippen molar-refractivity contribution in [3.8, 4) is 0 Å². The molecule has 8 heteroatoms. The summed E-state index contributed by atoms with van der Waals surface area (Å²) < 4.78 is 25.1. The second-order valence-electron chi connectivity index (χ2n) is 5.42. The SMILES string of the molecule is Cc1ccc(NC(=O)C2CCNCC2)cc1NS(C)(=O)=O.Cl. The largest absolute Gasteiger partial charge is 0.326 e. The normalized spacial score (nSPS) is 15.7. The number of amides is 1. The van der Waals surface area contributed by atoms with Crippen LogP contribution in [-0.2, 0) is 14.8 Å². The Kier molecular flexibility index (Phi) is 6.65. The molecule has 1 saturated heterocycles. The van der Waals surface area contributed by atoms with Gasteiger partial charge >= 0.3 is 0 Å². The van der Waals surface area contributed by atoms with Crippen LogP contribution in [0.3, 0.4) is 0 Å². The maximum atomic E-state index is 12.2. The van der Waals surface area contributed by atoms with Crippen LogP contribution in [0, 0.1) is 12.8 Å². The molecule has 1 amide bonds. The Hall–Kier alpha value is -1.31. The number of carbonyl (C=O) groups excluding carboxylic acids is 1. The van der Waals surface area contributed by atoms with Crippen LogP contribution in [0.2, 0.25) is 0 Å². The van der Waals surface area contributed by atoms with Crippen molar-refractivity contribution in [1.29, 1.82) is 0 Å². The van der Waals surface area contributed by atoms with Crippen LogP contribution in [0.1, 0.15) is 18.4 Å². The Balaban J connectivity index is 0.00000242. The number of halogens is 1. The Morgan fingerprint density at radius 3 is 2.50 bits per heavy atom. The third-order valence-corrected chi connectivity index (χ3v) is 4.10. The average Bonchev–Trinajstić information content (AvgIpc) is 2.42. The number of rotatable bonds is 4. The molecule has 0 radical (unpaired) electrons. The van der Waals surface area contributed by atoms with E-state index in [0.717, 1.165) is 37.8 Å². The Morgan fingerprint density at radius 1 is 1.27 bits per heavy atom. The van der Waals surface area contributed by atoms with E-state index in [-0.39, 0.29) is 24.2 Å². The lowest BCUT2D eigenvalue weighted by Gasteiger charge is -2.22. The van der Waals surface area contributed by atoms with Gasteiger partial charge in [0, 0.05) is 11.6 Å². The van der Waals surface area contributed by atoms with Crippen molar-refractivity contribution in [1.82, 2.24) is 5.32 Å². The van der Waals surface area contributed by atoms with E-state index in [9.17, 15) is 13.2 Å². The summed E-state index contributed by atoms with van der Waals surface area (Å²) in [6, 6.07) is 5.21. The Bertz CT molecular complexity index is 628. The van der Waals surface area contributed by atoms with Crippen LogP contribution in [-0.4, -0.2) is 33.7 Å². The topological polar surface area (TPSA) is 87.3 Å². The molecule has 22 heavy (non-hydrogen) atoms. The smallest absolute Gasteiger partial charge is 0.229 e. The van der Waals surface area contributed by atoms with Gasteiger partial charge in [0.2, 0.25) is 15.9 Å². The number of nitrogens with one attached hydrogen (secondary N) is 3. The highest BCUT2D eigenvalue weighted by atomic mass is 35.5. The number of anilines is 2. The number of carbonyl (C=O) groups is 1. The van der Waals surface area contributed by atoms with Crippen LogP contribution >= 0.6 is 12.4 Å². The van der Waals surface area contributed by atoms with Gasteiger partial charge in [0.1, 0.15) is 0 Å². The minimum atomic E-state index is -3.34. The first-order chi connectivity index (χ1) is 9.85. The van der Waals surface area contributed by atoms with E-state index in [1.165, 1.54) is 0 Å². The number of hydrogen-bond donors (Lipinski definition) is 3. The molecule has 1 aliphatic rings. The Labute approximate surface area is 137 Å². The summed E-state index contributed by atoms with van der Waals surface area (Å²) >= 11 is 0. The van der Waals surface area contributed by atoms with Crippen molar-refractivity contribution in [2.24, 2.45) is 5.92 Å². The molecule has 1 aliphatic heterocycles. The number of piperidine rings is 1. The van der Waals surface area contributed by atoms with Crippen LogP contribution < -0.4 is 15.4 Å². The average molecular weight is 348 g/mol. The van der Waals surface area contributed by atoms with Gasteiger partial charge in [-0.3, -0.25) is 9.52 Å². The van der Waals surface area contributed by atoms with Gasteiger partial charge in [0.25, 0.3) is 0 Å². The molecule has 124 valence electrons. The molecule has 0 saturated carbocycles. The van der Waals surface area contributed by atoms with Crippen LogP contribution in [0.4, 0.5) is 11.4 Å². The van der Waals surface area contributed by atoms with Crippen molar-refractivity contribution in [3.05, 3.63) is 23.8 Å².